The van der Waals surface area contributed by atoms with Gasteiger partial charge in [0.2, 0.25) is 0 Å². The van der Waals surface area contributed by atoms with Gasteiger partial charge in [0.05, 0.1) is 11.6 Å². The molecule has 0 fully saturated rings. The molecule has 4 N–H and O–H groups in total. The highest BCUT2D eigenvalue weighted by Gasteiger charge is 2.12. The molecule has 64 valence electrons. The van der Waals surface area contributed by atoms with Crippen LogP contribution in [0.1, 0.15) is 0 Å². The summed E-state index contributed by atoms with van der Waals surface area (Å²) in [6.45, 7) is 0.154. The Morgan fingerprint density at radius 1 is 1.91 bits per heavy atom. The number of ether oxygens (including phenoxy) is 1. The molecule has 1 atom stereocenters. The van der Waals surface area contributed by atoms with Crippen LogP contribution in [0, 0.1) is 0 Å². The van der Waals surface area contributed by atoms with E-state index in [0.717, 1.165) is 0 Å². The second kappa shape index (κ2) is 4.86. The summed E-state index contributed by atoms with van der Waals surface area (Å²) in [6, 6.07) is -0.604. The molecule has 0 saturated carbocycles. The lowest BCUT2D eigenvalue weighted by atomic mass is 10.3. The van der Waals surface area contributed by atoms with Gasteiger partial charge in [-0.3, -0.25) is 0 Å². The Bertz CT molecular complexity index is 162. The quantitative estimate of drug-likeness (QED) is 0.508. The molecular formula is C5H10N2O3S. The number of carbonyl (C=O) groups is 1. The third-order valence-corrected chi connectivity index (χ3v) is 1.26. The molecule has 0 radical (unpaired) electrons. The molecule has 0 aromatic rings. The zero-order valence-corrected chi connectivity index (χ0v) is 6.85. The lowest BCUT2D eigenvalue weighted by Gasteiger charge is -2.13. The van der Waals surface area contributed by atoms with Crippen molar-refractivity contribution in [3.05, 3.63) is 0 Å². The topological polar surface area (TPSA) is 84.6 Å². The smallest absolute Gasteiger partial charge is 0.405 e. The molecule has 1 unspecified atom stereocenters. The molecule has 0 bridgehead atoms. The number of carboxylic acid groups (broad SMARTS) is 1. The van der Waals surface area contributed by atoms with Crippen molar-refractivity contribution in [1.29, 1.82) is 0 Å². The first kappa shape index (κ1) is 10.1. The summed E-state index contributed by atoms with van der Waals surface area (Å²) in [7, 11) is 1.44. The third-order valence-electron chi connectivity index (χ3n) is 0.974. The van der Waals surface area contributed by atoms with Crippen LogP contribution in [0.3, 0.4) is 0 Å². The van der Waals surface area contributed by atoms with Gasteiger partial charge in [-0.05, 0) is 0 Å². The predicted octanol–water partition coefficient (Wildman–Crippen LogP) is -0.445. The molecule has 0 spiro atoms. The zero-order valence-electron chi connectivity index (χ0n) is 6.03. The maximum Gasteiger partial charge on any atom is 0.405 e. The summed E-state index contributed by atoms with van der Waals surface area (Å²) < 4.78 is 4.67. The lowest BCUT2D eigenvalue weighted by Crippen LogP contribution is -2.45. The lowest BCUT2D eigenvalue weighted by molar-refractivity contribution is 0.166. The van der Waals surface area contributed by atoms with Crippen molar-refractivity contribution >= 4 is 23.3 Å². The largest absolute Gasteiger partial charge is 0.465 e. The van der Waals surface area contributed by atoms with Gasteiger partial charge in [-0.2, -0.15) is 0 Å². The molecule has 1 amide bonds. The minimum atomic E-state index is -1.17. The van der Waals surface area contributed by atoms with Crippen LogP contribution in [0.4, 0.5) is 4.79 Å². The highest BCUT2D eigenvalue weighted by molar-refractivity contribution is 7.80. The average Bonchev–Trinajstić information content (AvgIpc) is 1.86. The molecular weight excluding hydrogens is 168 g/mol. The second-order valence-corrected chi connectivity index (χ2v) is 2.33. The van der Waals surface area contributed by atoms with Crippen molar-refractivity contribution < 1.29 is 14.6 Å². The van der Waals surface area contributed by atoms with E-state index in [-0.39, 0.29) is 11.6 Å². The maximum atomic E-state index is 10.1. The Balaban J connectivity index is 3.89. The highest BCUT2D eigenvalue weighted by Crippen LogP contribution is 1.85. The second-order valence-electron chi connectivity index (χ2n) is 1.86. The molecule has 0 aliphatic heterocycles. The molecule has 5 nitrogen and oxygen atoms in total. The Labute approximate surface area is 69.5 Å². The Morgan fingerprint density at radius 3 is 2.73 bits per heavy atom. The molecule has 0 saturated heterocycles. The van der Waals surface area contributed by atoms with Crippen LogP contribution >= 0.6 is 12.2 Å². The highest BCUT2D eigenvalue weighted by atomic mass is 32.1. The number of amides is 1. The first-order valence-corrected chi connectivity index (χ1v) is 3.26. The average molecular weight is 178 g/mol. The SMILES string of the molecule is COCC(NC(=O)O)C(N)=S. The van der Waals surface area contributed by atoms with E-state index in [1.165, 1.54) is 7.11 Å². The molecule has 0 aromatic carbocycles. The van der Waals surface area contributed by atoms with Crippen molar-refractivity contribution in [3.8, 4) is 0 Å². The molecule has 0 aromatic heterocycles. The van der Waals surface area contributed by atoms with Gasteiger partial charge < -0.3 is 20.9 Å². The van der Waals surface area contributed by atoms with E-state index in [0.29, 0.717) is 0 Å². The van der Waals surface area contributed by atoms with Crippen LogP contribution in [0.25, 0.3) is 0 Å². The van der Waals surface area contributed by atoms with E-state index in [2.05, 4.69) is 22.3 Å². The summed E-state index contributed by atoms with van der Waals surface area (Å²) in [6.07, 6.45) is -1.17. The molecule has 6 heteroatoms. The van der Waals surface area contributed by atoms with E-state index in [1.807, 2.05) is 0 Å². The minimum Gasteiger partial charge on any atom is -0.465 e. The number of methoxy groups -OCH3 is 1. The van der Waals surface area contributed by atoms with Gasteiger partial charge in [0, 0.05) is 7.11 Å². The van der Waals surface area contributed by atoms with Crippen LogP contribution in [0.15, 0.2) is 0 Å². The number of nitrogens with two attached hydrogens (primary N) is 1. The summed E-state index contributed by atoms with van der Waals surface area (Å²) >= 11 is 4.57. The van der Waals surface area contributed by atoms with Crippen molar-refractivity contribution in [2.45, 2.75) is 6.04 Å². The fourth-order valence-electron chi connectivity index (χ4n) is 0.511. The number of hydrogen-bond acceptors (Lipinski definition) is 3. The fourth-order valence-corrected chi connectivity index (χ4v) is 0.638. The van der Waals surface area contributed by atoms with Crippen molar-refractivity contribution in [1.82, 2.24) is 5.32 Å². The first-order valence-electron chi connectivity index (χ1n) is 2.85. The molecule has 0 aliphatic rings. The monoisotopic (exact) mass is 178 g/mol. The molecule has 0 aliphatic carbocycles. The molecule has 0 heterocycles. The van der Waals surface area contributed by atoms with Crippen LogP contribution in [-0.2, 0) is 4.74 Å². The third kappa shape index (κ3) is 4.51. The van der Waals surface area contributed by atoms with Gasteiger partial charge >= 0.3 is 6.09 Å². The van der Waals surface area contributed by atoms with Gasteiger partial charge in [-0.25, -0.2) is 4.79 Å². The molecule has 0 rings (SSSR count). The van der Waals surface area contributed by atoms with Gasteiger partial charge in [0.15, 0.2) is 0 Å². The first-order chi connectivity index (χ1) is 5.07. The Kier molecular flexibility index (Phi) is 4.47. The van der Waals surface area contributed by atoms with E-state index < -0.39 is 12.1 Å². The Morgan fingerprint density at radius 2 is 2.45 bits per heavy atom. The summed E-state index contributed by atoms with van der Waals surface area (Å²) in [5.74, 6) is 0. The van der Waals surface area contributed by atoms with Crippen LogP contribution in [0.2, 0.25) is 0 Å². The van der Waals surface area contributed by atoms with Crippen LogP contribution in [0.5, 0.6) is 0 Å². The van der Waals surface area contributed by atoms with Gasteiger partial charge in [0.25, 0.3) is 0 Å². The normalized spacial score (nSPS) is 12.1. The van der Waals surface area contributed by atoms with Crippen LogP contribution < -0.4 is 11.1 Å². The van der Waals surface area contributed by atoms with Gasteiger partial charge in [0.1, 0.15) is 6.04 Å². The van der Waals surface area contributed by atoms with E-state index in [4.69, 9.17) is 10.8 Å². The fraction of sp³-hybridized carbons (Fsp3) is 0.600. The summed E-state index contributed by atoms with van der Waals surface area (Å²) in [4.78, 5) is 10.2. The van der Waals surface area contributed by atoms with Crippen molar-refractivity contribution in [2.24, 2.45) is 5.73 Å². The maximum absolute atomic E-state index is 10.1. The van der Waals surface area contributed by atoms with Crippen molar-refractivity contribution in [3.63, 3.8) is 0 Å². The van der Waals surface area contributed by atoms with Crippen molar-refractivity contribution in [2.75, 3.05) is 13.7 Å². The summed E-state index contributed by atoms with van der Waals surface area (Å²) in [5, 5.41) is 10.4. The Hall–Kier alpha value is -0.880. The van der Waals surface area contributed by atoms with E-state index in [1.54, 1.807) is 0 Å². The zero-order chi connectivity index (χ0) is 8.85. The predicted molar refractivity (Wildman–Crippen MR) is 43.6 cm³/mol. The number of thiocarbonyl (C=S) groups is 1. The van der Waals surface area contributed by atoms with Gasteiger partial charge in [-0.15, -0.1) is 0 Å². The summed E-state index contributed by atoms with van der Waals surface area (Å²) in [5.41, 5.74) is 5.20. The number of hydrogen-bond donors (Lipinski definition) is 3. The number of rotatable bonds is 4. The minimum absolute atomic E-state index is 0.0780. The van der Waals surface area contributed by atoms with E-state index >= 15 is 0 Å². The standard InChI is InChI=1S/C5H10N2O3S/c1-10-2-3(4(6)11)7-5(8)9/h3,7H,2H2,1H3,(H2,6,11)(H,8,9). The van der Waals surface area contributed by atoms with Gasteiger partial charge in [-0.1, -0.05) is 12.2 Å². The molecule has 11 heavy (non-hydrogen) atoms. The number of nitrogens with one attached hydrogen (secondary N) is 1. The van der Waals surface area contributed by atoms with Crippen LogP contribution in [-0.4, -0.2) is 35.9 Å². The van der Waals surface area contributed by atoms with E-state index in [9.17, 15) is 4.79 Å².